The molecule has 28 heavy (non-hydrogen) atoms. The Kier molecular flexibility index (Phi) is 5.84. The number of nitrogens with one attached hydrogen (secondary N) is 1. The van der Waals surface area contributed by atoms with Crippen LogP contribution in [0.25, 0.3) is 0 Å². The smallest absolute Gasteiger partial charge is 0.238 e. The molecule has 0 aliphatic carbocycles. The summed E-state index contributed by atoms with van der Waals surface area (Å²) in [5, 5.41) is 3.13. The maximum Gasteiger partial charge on any atom is 0.238 e. The van der Waals surface area contributed by atoms with E-state index in [1.54, 1.807) is 11.8 Å². The van der Waals surface area contributed by atoms with Crippen LogP contribution in [0.3, 0.4) is 0 Å². The van der Waals surface area contributed by atoms with Gasteiger partial charge in [0.05, 0.1) is 18.3 Å². The maximum absolute atomic E-state index is 12.8. The summed E-state index contributed by atoms with van der Waals surface area (Å²) in [4.78, 5) is 17.3. The summed E-state index contributed by atoms with van der Waals surface area (Å²) in [6, 6.07) is 22.8. The Morgan fingerprint density at radius 2 is 1.86 bits per heavy atom. The van der Waals surface area contributed by atoms with Crippen LogP contribution in [0.15, 0.2) is 82.7 Å². The molecule has 1 N–H and O–H groups in total. The average molecular weight is 392 g/mol. The minimum Gasteiger partial charge on any atom is -0.353 e. The van der Waals surface area contributed by atoms with Crippen molar-refractivity contribution in [3.05, 3.63) is 78.6 Å². The van der Waals surface area contributed by atoms with E-state index in [0.29, 0.717) is 12.6 Å². The number of hydrogen-bond acceptors (Lipinski definition) is 3. The van der Waals surface area contributed by atoms with Crippen molar-refractivity contribution >= 4 is 23.4 Å². The first-order valence-corrected chi connectivity index (χ1v) is 10.5. The van der Waals surface area contributed by atoms with Gasteiger partial charge in [0.15, 0.2) is 0 Å². The van der Waals surface area contributed by atoms with Crippen molar-refractivity contribution in [1.29, 1.82) is 0 Å². The summed E-state index contributed by atoms with van der Waals surface area (Å²) in [6.07, 6.45) is 4.30. The molecule has 3 aromatic rings. The zero-order chi connectivity index (χ0) is 19.3. The highest BCUT2D eigenvalue weighted by molar-refractivity contribution is 7.99. The zero-order valence-electron chi connectivity index (χ0n) is 16.0. The summed E-state index contributed by atoms with van der Waals surface area (Å²) in [5.41, 5.74) is 2.15. The number of aryl methyl sites for hydroxylation is 1. The summed E-state index contributed by atoms with van der Waals surface area (Å²) in [6.45, 7) is 1.38. The van der Waals surface area contributed by atoms with Gasteiger partial charge in [0.25, 0.3) is 0 Å². The summed E-state index contributed by atoms with van der Waals surface area (Å²) in [7, 11) is 2.07. The Labute approximate surface area is 170 Å². The van der Waals surface area contributed by atoms with Crippen LogP contribution in [0.4, 0.5) is 5.69 Å². The maximum atomic E-state index is 12.8. The van der Waals surface area contributed by atoms with Crippen molar-refractivity contribution in [3.63, 3.8) is 0 Å². The largest absolute Gasteiger partial charge is 0.353 e. The molecule has 0 saturated carbocycles. The van der Waals surface area contributed by atoms with E-state index in [-0.39, 0.29) is 5.91 Å². The van der Waals surface area contributed by atoms with Gasteiger partial charge < -0.3 is 9.88 Å². The first-order chi connectivity index (χ1) is 13.7. The lowest BCUT2D eigenvalue weighted by atomic mass is 10.1. The lowest BCUT2D eigenvalue weighted by molar-refractivity contribution is -0.117. The van der Waals surface area contributed by atoms with Crippen LogP contribution in [0.2, 0.25) is 0 Å². The quantitative estimate of drug-likeness (QED) is 0.646. The third-order valence-corrected chi connectivity index (χ3v) is 6.25. The first kappa shape index (κ1) is 18.8. The zero-order valence-corrected chi connectivity index (χ0v) is 16.9. The molecule has 0 spiro atoms. The highest BCUT2D eigenvalue weighted by Crippen LogP contribution is 2.34. The van der Waals surface area contributed by atoms with Crippen molar-refractivity contribution in [2.45, 2.75) is 28.7 Å². The van der Waals surface area contributed by atoms with Crippen LogP contribution >= 0.6 is 11.8 Å². The molecule has 0 bridgehead atoms. The third-order valence-electron chi connectivity index (χ3n) is 5.17. The van der Waals surface area contributed by atoms with Crippen molar-refractivity contribution in [1.82, 2.24) is 9.47 Å². The molecule has 1 fully saturated rings. The van der Waals surface area contributed by atoms with Gasteiger partial charge in [-0.2, -0.15) is 0 Å². The Morgan fingerprint density at radius 1 is 1.07 bits per heavy atom. The Morgan fingerprint density at radius 3 is 2.64 bits per heavy atom. The number of benzene rings is 2. The van der Waals surface area contributed by atoms with Crippen LogP contribution in [0.5, 0.6) is 0 Å². The van der Waals surface area contributed by atoms with E-state index in [2.05, 4.69) is 58.4 Å². The van der Waals surface area contributed by atoms with E-state index >= 15 is 0 Å². The Bertz CT molecular complexity index is 938. The molecule has 1 atom stereocenters. The second-order valence-corrected chi connectivity index (χ2v) is 8.25. The van der Waals surface area contributed by atoms with Crippen molar-refractivity contribution in [2.24, 2.45) is 7.05 Å². The number of anilines is 1. The number of amides is 1. The number of carbonyl (C=O) groups excluding carboxylic acids is 1. The molecular weight excluding hydrogens is 366 g/mol. The molecule has 1 aliphatic rings. The van der Waals surface area contributed by atoms with Crippen LogP contribution < -0.4 is 5.32 Å². The van der Waals surface area contributed by atoms with Crippen LogP contribution in [0.1, 0.15) is 24.6 Å². The SMILES string of the molecule is Cn1cccc1[C@H]1CCCN1CC(=O)Nc1ccccc1Sc1ccccc1. The van der Waals surface area contributed by atoms with Gasteiger partial charge in [0.1, 0.15) is 0 Å². The fourth-order valence-electron chi connectivity index (χ4n) is 3.82. The van der Waals surface area contributed by atoms with E-state index < -0.39 is 0 Å². The van der Waals surface area contributed by atoms with Crippen LogP contribution in [-0.4, -0.2) is 28.5 Å². The monoisotopic (exact) mass is 391 g/mol. The predicted octanol–water partition coefficient (Wildman–Crippen LogP) is 4.95. The van der Waals surface area contributed by atoms with Crippen molar-refractivity contribution in [3.8, 4) is 0 Å². The van der Waals surface area contributed by atoms with Crippen molar-refractivity contribution < 1.29 is 4.79 Å². The molecule has 2 aromatic carbocycles. The molecule has 1 aliphatic heterocycles. The lowest BCUT2D eigenvalue weighted by Gasteiger charge is -2.24. The van der Waals surface area contributed by atoms with E-state index in [1.807, 2.05) is 36.4 Å². The molecule has 4 rings (SSSR count). The summed E-state index contributed by atoms with van der Waals surface area (Å²) < 4.78 is 2.16. The Balaban J connectivity index is 1.43. The number of carbonyl (C=O) groups is 1. The molecule has 2 heterocycles. The van der Waals surface area contributed by atoms with Gasteiger partial charge in [-0.05, 0) is 55.8 Å². The van der Waals surface area contributed by atoms with Gasteiger partial charge in [-0.3, -0.25) is 9.69 Å². The molecule has 5 heteroatoms. The summed E-state index contributed by atoms with van der Waals surface area (Å²) in [5.74, 6) is 0.0437. The van der Waals surface area contributed by atoms with E-state index in [1.165, 1.54) is 5.69 Å². The normalized spacial score (nSPS) is 17.0. The molecule has 1 amide bonds. The number of rotatable bonds is 6. The van der Waals surface area contributed by atoms with Gasteiger partial charge in [0.2, 0.25) is 5.91 Å². The fourth-order valence-corrected chi connectivity index (χ4v) is 4.74. The van der Waals surface area contributed by atoms with Gasteiger partial charge in [-0.15, -0.1) is 0 Å². The number of likely N-dealkylation sites (tertiary alicyclic amines) is 1. The number of hydrogen-bond donors (Lipinski definition) is 1. The van der Waals surface area contributed by atoms with Gasteiger partial charge in [0, 0.05) is 28.7 Å². The highest BCUT2D eigenvalue weighted by Gasteiger charge is 2.29. The highest BCUT2D eigenvalue weighted by atomic mass is 32.2. The number of aromatic nitrogens is 1. The number of nitrogens with zero attached hydrogens (tertiary/aromatic N) is 2. The van der Waals surface area contributed by atoms with E-state index in [0.717, 1.165) is 34.9 Å². The molecule has 0 radical (unpaired) electrons. The van der Waals surface area contributed by atoms with Crippen LogP contribution in [0, 0.1) is 0 Å². The molecule has 0 unspecified atom stereocenters. The molecule has 1 aromatic heterocycles. The minimum atomic E-state index is 0.0437. The molecule has 144 valence electrons. The fraction of sp³-hybridized carbons (Fsp3) is 0.261. The van der Waals surface area contributed by atoms with Crippen LogP contribution in [-0.2, 0) is 11.8 Å². The summed E-state index contributed by atoms with van der Waals surface area (Å²) >= 11 is 1.67. The molecular formula is C23H25N3OS. The second kappa shape index (κ2) is 8.67. The first-order valence-electron chi connectivity index (χ1n) is 9.68. The number of para-hydroxylation sites is 1. The van der Waals surface area contributed by atoms with E-state index in [9.17, 15) is 4.79 Å². The second-order valence-electron chi connectivity index (χ2n) is 7.13. The predicted molar refractivity (Wildman–Crippen MR) is 115 cm³/mol. The Hall–Kier alpha value is -2.50. The lowest BCUT2D eigenvalue weighted by Crippen LogP contribution is -2.33. The van der Waals surface area contributed by atoms with Crippen molar-refractivity contribution in [2.75, 3.05) is 18.4 Å². The van der Waals surface area contributed by atoms with Gasteiger partial charge >= 0.3 is 0 Å². The minimum absolute atomic E-state index is 0.0437. The molecule has 4 nitrogen and oxygen atoms in total. The standard InChI is InChI=1S/C23H25N3OS/c1-25-15-7-12-20(25)21-13-8-16-26(21)17-23(27)24-19-11-5-6-14-22(19)28-18-9-3-2-4-10-18/h2-7,9-12,14-15,21H,8,13,16-17H2,1H3,(H,24,27)/t21-/m1/s1. The third kappa shape index (κ3) is 4.32. The topological polar surface area (TPSA) is 37.3 Å². The average Bonchev–Trinajstić information content (AvgIpc) is 3.32. The van der Waals surface area contributed by atoms with Gasteiger partial charge in [-0.25, -0.2) is 0 Å². The van der Waals surface area contributed by atoms with E-state index in [4.69, 9.17) is 0 Å². The molecule has 1 saturated heterocycles. The van der Waals surface area contributed by atoms with Gasteiger partial charge in [-0.1, -0.05) is 42.1 Å².